The van der Waals surface area contributed by atoms with E-state index in [9.17, 15) is 4.79 Å². The molecule has 2 aromatic rings. The lowest BCUT2D eigenvalue weighted by molar-refractivity contribution is 0.0965. The van der Waals surface area contributed by atoms with Crippen LogP contribution in [0.25, 0.3) is 0 Å². The Morgan fingerprint density at radius 1 is 1.10 bits per heavy atom. The van der Waals surface area contributed by atoms with Gasteiger partial charge >= 0.3 is 0 Å². The van der Waals surface area contributed by atoms with Gasteiger partial charge in [0.2, 0.25) is 0 Å². The van der Waals surface area contributed by atoms with Gasteiger partial charge in [-0.3, -0.25) is 4.79 Å². The minimum atomic E-state index is 0.0214. The highest BCUT2D eigenvalue weighted by molar-refractivity contribution is 6.39. The summed E-state index contributed by atoms with van der Waals surface area (Å²) in [7, 11) is 0. The fourth-order valence-electron chi connectivity index (χ4n) is 2.49. The SMILES string of the molecule is Nc1c(Cl)cc(C(=O)C2CC2c2ccccc2)cc1Cl. The number of anilines is 1. The summed E-state index contributed by atoms with van der Waals surface area (Å²) in [6.45, 7) is 0. The Morgan fingerprint density at radius 2 is 1.70 bits per heavy atom. The molecule has 20 heavy (non-hydrogen) atoms. The van der Waals surface area contributed by atoms with Crippen LogP contribution in [-0.2, 0) is 0 Å². The van der Waals surface area contributed by atoms with Crippen LogP contribution in [0.5, 0.6) is 0 Å². The molecule has 3 rings (SSSR count). The van der Waals surface area contributed by atoms with Gasteiger partial charge in [-0.15, -0.1) is 0 Å². The zero-order valence-corrected chi connectivity index (χ0v) is 12.2. The number of hydrogen-bond acceptors (Lipinski definition) is 2. The van der Waals surface area contributed by atoms with E-state index in [-0.39, 0.29) is 11.7 Å². The topological polar surface area (TPSA) is 43.1 Å². The first kappa shape index (κ1) is 13.5. The molecule has 0 heterocycles. The van der Waals surface area contributed by atoms with E-state index in [1.807, 2.05) is 18.2 Å². The first-order valence-corrected chi connectivity index (χ1v) is 7.17. The number of benzene rings is 2. The summed E-state index contributed by atoms with van der Waals surface area (Å²) in [5.41, 5.74) is 7.75. The molecule has 0 saturated heterocycles. The quantitative estimate of drug-likeness (QED) is 0.667. The van der Waals surface area contributed by atoms with Crippen LogP contribution >= 0.6 is 23.2 Å². The Morgan fingerprint density at radius 3 is 2.30 bits per heavy atom. The molecule has 1 aliphatic rings. The van der Waals surface area contributed by atoms with Gasteiger partial charge in [-0.2, -0.15) is 0 Å². The van der Waals surface area contributed by atoms with Crippen molar-refractivity contribution in [3.8, 4) is 0 Å². The van der Waals surface area contributed by atoms with Crippen LogP contribution in [0.4, 0.5) is 5.69 Å². The summed E-state index contributed by atoms with van der Waals surface area (Å²) in [6, 6.07) is 13.3. The number of nitrogen functional groups attached to an aromatic ring is 1. The number of carbonyl (C=O) groups is 1. The molecule has 2 nitrogen and oxygen atoms in total. The van der Waals surface area contributed by atoms with E-state index in [0.29, 0.717) is 27.2 Å². The molecule has 102 valence electrons. The number of Topliss-reactive ketones (excluding diaryl/α,β-unsaturated/α-hetero) is 1. The van der Waals surface area contributed by atoms with E-state index in [0.717, 1.165) is 6.42 Å². The summed E-state index contributed by atoms with van der Waals surface area (Å²) in [4.78, 5) is 12.4. The van der Waals surface area contributed by atoms with Crippen molar-refractivity contribution in [3.05, 3.63) is 63.6 Å². The van der Waals surface area contributed by atoms with Gasteiger partial charge in [-0.25, -0.2) is 0 Å². The van der Waals surface area contributed by atoms with Crippen LogP contribution in [0.15, 0.2) is 42.5 Å². The Balaban J connectivity index is 1.82. The normalized spacial score (nSPS) is 20.7. The highest BCUT2D eigenvalue weighted by atomic mass is 35.5. The molecular weight excluding hydrogens is 293 g/mol. The third-order valence-corrected chi connectivity index (χ3v) is 4.34. The summed E-state index contributed by atoms with van der Waals surface area (Å²) in [6.07, 6.45) is 0.877. The van der Waals surface area contributed by atoms with Crippen LogP contribution in [0.1, 0.15) is 28.3 Å². The molecule has 4 heteroatoms. The number of carbonyl (C=O) groups excluding carboxylic acids is 1. The smallest absolute Gasteiger partial charge is 0.166 e. The zero-order valence-electron chi connectivity index (χ0n) is 10.6. The van der Waals surface area contributed by atoms with Gasteiger partial charge in [0.25, 0.3) is 0 Å². The maximum Gasteiger partial charge on any atom is 0.166 e. The van der Waals surface area contributed by atoms with E-state index in [1.54, 1.807) is 12.1 Å². The number of nitrogens with two attached hydrogens (primary N) is 1. The van der Waals surface area contributed by atoms with Gasteiger partial charge in [-0.05, 0) is 30.0 Å². The number of hydrogen-bond donors (Lipinski definition) is 1. The average molecular weight is 306 g/mol. The van der Waals surface area contributed by atoms with Crippen LogP contribution < -0.4 is 5.73 Å². The van der Waals surface area contributed by atoms with E-state index in [4.69, 9.17) is 28.9 Å². The third kappa shape index (κ3) is 2.41. The van der Waals surface area contributed by atoms with Crippen molar-refractivity contribution in [2.45, 2.75) is 12.3 Å². The molecule has 2 atom stereocenters. The standard InChI is InChI=1S/C16H13Cl2NO/c17-13-6-10(7-14(18)15(13)19)16(20)12-8-11(12)9-4-2-1-3-5-9/h1-7,11-12H,8,19H2. The predicted octanol–water partition coefficient (Wildman–Crippen LogP) is 4.56. The molecule has 0 bridgehead atoms. The molecule has 2 aromatic carbocycles. The molecule has 0 spiro atoms. The number of ketones is 1. The van der Waals surface area contributed by atoms with Crippen LogP contribution in [-0.4, -0.2) is 5.78 Å². The number of halogens is 2. The Hall–Kier alpha value is -1.51. The average Bonchev–Trinajstić information content (AvgIpc) is 3.25. The van der Waals surface area contributed by atoms with Crippen molar-refractivity contribution in [1.29, 1.82) is 0 Å². The third-order valence-electron chi connectivity index (χ3n) is 3.72. The minimum absolute atomic E-state index is 0.0214. The Bertz CT molecular complexity index is 646. The molecule has 1 aliphatic carbocycles. The van der Waals surface area contributed by atoms with Gasteiger partial charge in [0.05, 0.1) is 15.7 Å². The second kappa shape index (κ2) is 5.12. The van der Waals surface area contributed by atoms with E-state index >= 15 is 0 Å². The van der Waals surface area contributed by atoms with Crippen LogP contribution in [0.2, 0.25) is 10.0 Å². The molecule has 1 saturated carbocycles. The molecule has 2 unspecified atom stereocenters. The van der Waals surface area contributed by atoms with E-state index in [1.165, 1.54) is 5.56 Å². The zero-order chi connectivity index (χ0) is 14.3. The first-order valence-electron chi connectivity index (χ1n) is 6.41. The molecule has 0 radical (unpaired) electrons. The van der Waals surface area contributed by atoms with Crippen molar-refractivity contribution in [2.24, 2.45) is 5.92 Å². The first-order chi connectivity index (χ1) is 9.58. The monoisotopic (exact) mass is 305 g/mol. The molecule has 0 amide bonds. The summed E-state index contributed by atoms with van der Waals surface area (Å²) in [5, 5.41) is 0.663. The minimum Gasteiger partial charge on any atom is -0.396 e. The van der Waals surface area contributed by atoms with Crippen molar-refractivity contribution >= 4 is 34.7 Å². The summed E-state index contributed by atoms with van der Waals surface area (Å²) < 4.78 is 0. The molecular formula is C16H13Cl2NO. The largest absolute Gasteiger partial charge is 0.396 e. The highest BCUT2D eigenvalue weighted by Crippen LogP contribution is 2.49. The lowest BCUT2D eigenvalue weighted by Crippen LogP contribution is -2.04. The van der Waals surface area contributed by atoms with Crippen molar-refractivity contribution in [1.82, 2.24) is 0 Å². The summed E-state index contributed by atoms with van der Waals surface area (Å²) >= 11 is 12.0. The lowest BCUT2D eigenvalue weighted by atomic mass is 10.0. The molecule has 0 aliphatic heterocycles. The van der Waals surface area contributed by atoms with E-state index in [2.05, 4.69) is 12.1 Å². The Labute approximate surface area is 127 Å². The van der Waals surface area contributed by atoms with Crippen molar-refractivity contribution in [3.63, 3.8) is 0 Å². The second-order valence-electron chi connectivity index (χ2n) is 5.08. The predicted molar refractivity (Wildman–Crippen MR) is 82.5 cm³/mol. The summed E-state index contributed by atoms with van der Waals surface area (Å²) in [5.74, 6) is 0.412. The van der Waals surface area contributed by atoms with Crippen molar-refractivity contribution < 1.29 is 4.79 Å². The Kier molecular flexibility index (Phi) is 3.45. The van der Waals surface area contributed by atoms with E-state index < -0.39 is 0 Å². The number of rotatable bonds is 3. The molecule has 0 aromatic heterocycles. The van der Waals surface area contributed by atoms with Crippen LogP contribution in [0.3, 0.4) is 0 Å². The van der Waals surface area contributed by atoms with Gasteiger partial charge < -0.3 is 5.73 Å². The maximum absolute atomic E-state index is 12.4. The van der Waals surface area contributed by atoms with Gasteiger partial charge in [0, 0.05) is 11.5 Å². The lowest BCUT2D eigenvalue weighted by Gasteiger charge is -2.06. The fraction of sp³-hybridized carbons (Fsp3) is 0.188. The second-order valence-corrected chi connectivity index (χ2v) is 5.89. The van der Waals surface area contributed by atoms with Gasteiger partial charge in [0.15, 0.2) is 5.78 Å². The van der Waals surface area contributed by atoms with Gasteiger partial charge in [0.1, 0.15) is 0 Å². The molecule has 1 fully saturated rings. The maximum atomic E-state index is 12.4. The van der Waals surface area contributed by atoms with Gasteiger partial charge in [-0.1, -0.05) is 53.5 Å². The van der Waals surface area contributed by atoms with Crippen molar-refractivity contribution in [2.75, 3.05) is 5.73 Å². The molecule has 2 N–H and O–H groups in total. The highest BCUT2D eigenvalue weighted by Gasteiger charge is 2.44. The van der Waals surface area contributed by atoms with Crippen LogP contribution in [0, 0.1) is 5.92 Å². The fourth-order valence-corrected chi connectivity index (χ4v) is 2.98.